The van der Waals surface area contributed by atoms with Crippen molar-refractivity contribution >= 4 is 28.5 Å². The monoisotopic (exact) mass is 410 g/mol. The van der Waals surface area contributed by atoms with Crippen molar-refractivity contribution < 1.29 is 18.7 Å². The minimum Gasteiger partial charge on any atom is -0.478 e. The van der Waals surface area contributed by atoms with Crippen molar-refractivity contribution in [2.24, 2.45) is 0 Å². The average molecular weight is 410 g/mol. The molecular weight excluding hydrogens is 387 g/mol. The van der Waals surface area contributed by atoms with Crippen LogP contribution in [0.5, 0.6) is 0 Å². The van der Waals surface area contributed by atoms with E-state index in [9.17, 15) is 19.1 Å². The van der Waals surface area contributed by atoms with Gasteiger partial charge in [0.2, 0.25) is 0 Å². The number of carboxylic acid groups (broad SMARTS) is 1. The number of anilines is 2. The summed E-state index contributed by atoms with van der Waals surface area (Å²) in [5, 5.41) is 13.1. The van der Waals surface area contributed by atoms with Gasteiger partial charge in [-0.2, -0.15) is 0 Å². The molecule has 2 N–H and O–H groups in total. The zero-order chi connectivity index (χ0) is 21.4. The number of hydrogen-bond acceptors (Lipinski definition) is 5. The summed E-state index contributed by atoms with van der Waals surface area (Å²) in [7, 11) is 0. The number of benzene rings is 2. The van der Waals surface area contributed by atoms with Gasteiger partial charge < -0.3 is 19.7 Å². The van der Waals surface area contributed by atoms with Crippen LogP contribution in [0.15, 0.2) is 51.7 Å². The number of hydrogen-bond donors (Lipinski definition) is 2. The summed E-state index contributed by atoms with van der Waals surface area (Å²) in [6.07, 6.45) is -0.525. The van der Waals surface area contributed by atoms with Gasteiger partial charge in [-0.25, -0.2) is 9.18 Å². The summed E-state index contributed by atoms with van der Waals surface area (Å²) in [5.41, 5.74) is 2.51. The van der Waals surface area contributed by atoms with E-state index >= 15 is 0 Å². The van der Waals surface area contributed by atoms with E-state index in [0.717, 1.165) is 11.1 Å². The van der Waals surface area contributed by atoms with E-state index in [4.69, 9.17) is 4.42 Å². The zero-order valence-corrected chi connectivity index (χ0v) is 16.8. The van der Waals surface area contributed by atoms with E-state index in [-0.39, 0.29) is 23.6 Å². The van der Waals surface area contributed by atoms with E-state index < -0.39 is 12.1 Å². The summed E-state index contributed by atoms with van der Waals surface area (Å²) in [5.74, 6) is -0.668. The Morgan fingerprint density at radius 1 is 1.30 bits per heavy atom. The van der Waals surface area contributed by atoms with Crippen LogP contribution < -0.4 is 15.6 Å². The highest BCUT2D eigenvalue weighted by atomic mass is 19.1. The predicted molar refractivity (Wildman–Crippen MR) is 114 cm³/mol. The van der Waals surface area contributed by atoms with Crippen molar-refractivity contribution in [1.82, 2.24) is 0 Å². The fourth-order valence-corrected chi connectivity index (χ4v) is 3.92. The van der Waals surface area contributed by atoms with Gasteiger partial charge in [0.25, 0.3) is 0 Å². The number of rotatable bonds is 5. The molecule has 0 amide bonds. The third-order valence-electron chi connectivity index (χ3n) is 5.43. The number of aromatic carboxylic acids is 1. The van der Waals surface area contributed by atoms with Crippen LogP contribution in [-0.4, -0.2) is 30.3 Å². The van der Waals surface area contributed by atoms with Crippen LogP contribution in [0.1, 0.15) is 40.9 Å². The molecule has 2 heterocycles. The molecule has 1 aliphatic rings. The first-order valence-electron chi connectivity index (χ1n) is 9.89. The quantitative estimate of drug-likeness (QED) is 0.644. The first kappa shape index (κ1) is 19.9. The highest BCUT2D eigenvalue weighted by Gasteiger charge is 2.25. The molecule has 2 aromatic carbocycles. The number of nitrogens with zero attached hydrogens (tertiary/aromatic N) is 1. The van der Waals surface area contributed by atoms with E-state index in [2.05, 4.69) is 5.32 Å². The Balaban J connectivity index is 1.79. The molecule has 0 radical (unpaired) electrons. The predicted octanol–water partition coefficient (Wildman–Crippen LogP) is 4.52. The van der Waals surface area contributed by atoms with E-state index in [1.54, 1.807) is 29.2 Å². The molecule has 0 saturated carbocycles. The fourth-order valence-electron chi connectivity index (χ4n) is 3.92. The number of fused-ring (bicyclic) bond motifs is 1. The maximum Gasteiger partial charge on any atom is 0.337 e. The van der Waals surface area contributed by atoms with Crippen LogP contribution in [-0.2, 0) is 0 Å². The van der Waals surface area contributed by atoms with Gasteiger partial charge >= 0.3 is 5.97 Å². The fraction of sp³-hybridized carbons (Fsp3) is 0.304. The SMILES string of the molecule is Cc1cc(C(C)Nc2ccccc2C(=O)O)c2oc(N3CC[C@H](F)C3)cc(=O)c2c1. The van der Waals surface area contributed by atoms with Crippen LogP contribution in [0.4, 0.5) is 16.0 Å². The van der Waals surface area contributed by atoms with Crippen LogP contribution in [0.3, 0.4) is 0 Å². The lowest BCUT2D eigenvalue weighted by molar-refractivity contribution is 0.0698. The minimum absolute atomic E-state index is 0.162. The van der Waals surface area contributed by atoms with Crippen molar-refractivity contribution in [3.8, 4) is 0 Å². The molecule has 4 rings (SSSR count). The van der Waals surface area contributed by atoms with Gasteiger partial charge in [-0.3, -0.25) is 4.79 Å². The van der Waals surface area contributed by atoms with Crippen LogP contribution >= 0.6 is 0 Å². The standard InChI is InChI=1S/C23H23FN2O4/c1-13-9-17(14(2)25-19-6-4-3-5-16(19)23(28)29)22-18(10-13)20(27)11-21(30-22)26-8-7-15(24)12-26/h3-6,9-11,14-15,25H,7-8,12H2,1-2H3,(H,28,29)/t14?,15-/m0/s1. The second kappa shape index (κ2) is 7.82. The van der Waals surface area contributed by atoms with E-state index in [0.29, 0.717) is 35.5 Å². The largest absolute Gasteiger partial charge is 0.478 e. The Kier molecular flexibility index (Phi) is 5.20. The molecule has 0 spiro atoms. The normalized spacial score (nSPS) is 17.3. The summed E-state index contributed by atoms with van der Waals surface area (Å²) >= 11 is 0. The molecule has 6 nitrogen and oxygen atoms in total. The van der Waals surface area contributed by atoms with Crippen LogP contribution in [0, 0.1) is 6.92 Å². The Labute approximate surface area is 172 Å². The number of para-hydroxylation sites is 1. The van der Waals surface area contributed by atoms with Gasteiger partial charge in [0.15, 0.2) is 11.3 Å². The number of carbonyl (C=O) groups is 1. The minimum atomic E-state index is -1.02. The van der Waals surface area contributed by atoms with Crippen LogP contribution in [0.25, 0.3) is 11.0 Å². The first-order valence-corrected chi connectivity index (χ1v) is 9.89. The molecule has 7 heteroatoms. The molecule has 1 aromatic heterocycles. The van der Waals surface area contributed by atoms with E-state index in [1.807, 2.05) is 19.9 Å². The number of carboxylic acids is 1. The molecule has 1 aliphatic heterocycles. The molecule has 0 aliphatic carbocycles. The van der Waals surface area contributed by atoms with Crippen molar-refractivity contribution in [1.29, 1.82) is 0 Å². The number of aryl methyl sites for hydroxylation is 1. The molecule has 30 heavy (non-hydrogen) atoms. The Bertz CT molecular complexity index is 1170. The Morgan fingerprint density at radius 2 is 2.07 bits per heavy atom. The lowest BCUT2D eigenvalue weighted by Crippen LogP contribution is -2.21. The van der Waals surface area contributed by atoms with E-state index in [1.165, 1.54) is 12.1 Å². The number of halogens is 1. The second-order valence-corrected chi connectivity index (χ2v) is 7.73. The Morgan fingerprint density at radius 3 is 2.77 bits per heavy atom. The van der Waals surface area contributed by atoms with Crippen molar-refractivity contribution in [2.45, 2.75) is 32.5 Å². The molecular formula is C23H23FN2O4. The van der Waals surface area contributed by atoms with Gasteiger partial charge in [-0.15, -0.1) is 0 Å². The molecule has 0 bridgehead atoms. The number of alkyl halides is 1. The van der Waals surface area contributed by atoms with Crippen molar-refractivity contribution in [3.05, 3.63) is 69.4 Å². The third kappa shape index (κ3) is 3.75. The highest BCUT2D eigenvalue weighted by molar-refractivity contribution is 5.94. The zero-order valence-electron chi connectivity index (χ0n) is 16.8. The lowest BCUT2D eigenvalue weighted by Gasteiger charge is -2.21. The highest BCUT2D eigenvalue weighted by Crippen LogP contribution is 2.31. The first-order chi connectivity index (χ1) is 14.3. The lowest BCUT2D eigenvalue weighted by atomic mass is 10.0. The summed E-state index contributed by atoms with van der Waals surface area (Å²) < 4.78 is 19.8. The molecule has 2 atom stereocenters. The topological polar surface area (TPSA) is 82.8 Å². The van der Waals surface area contributed by atoms with Crippen molar-refractivity contribution in [3.63, 3.8) is 0 Å². The van der Waals surface area contributed by atoms with Gasteiger partial charge in [0.1, 0.15) is 11.8 Å². The third-order valence-corrected chi connectivity index (χ3v) is 5.43. The van der Waals surface area contributed by atoms with Gasteiger partial charge in [0, 0.05) is 23.9 Å². The smallest absolute Gasteiger partial charge is 0.337 e. The summed E-state index contributed by atoms with van der Waals surface area (Å²) in [4.78, 5) is 26.1. The maximum atomic E-state index is 13.7. The van der Waals surface area contributed by atoms with Crippen molar-refractivity contribution in [2.75, 3.05) is 23.3 Å². The molecule has 156 valence electrons. The molecule has 1 unspecified atom stereocenters. The Hall–Kier alpha value is -3.35. The number of nitrogens with one attached hydrogen (secondary N) is 1. The molecule has 1 saturated heterocycles. The average Bonchev–Trinajstić information content (AvgIpc) is 3.14. The van der Waals surface area contributed by atoms with Crippen LogP contribution in [0.2, 0.25) is 0 Å². The summed E-state index contributed by atoms with van der Waals surface area (Å²) in [6, 6.07) is 11.4. The second-order valence-electron chi connectivity index (χ2n) is 7.73. The van der Waals surface area contributed by atoms with Gasteiger partial charge in [-0.1, -0.05) is 18.2 Å². The van der Waals surface area contributed by atoms with Gasteiger partial charge in [0.05, 0.1) is 23.5 Å². The summed E-state index contributed by atoms with van der Waals surface area (Å²) in [6.45, 7) is 4.47. The molecule has 1 fully saturated rings. The maximum absolute atomic E-state index is 13.7. The molecule has 3 aromatic rings. The van der Waals surface area contributed by atoms with Gasteiger partial charge in [-0.05, 0) is 44.0 Å².